The zero-order valence-corrected chi connectivity index (χ0v) is 41.7. The van der Waals surface area contributed by atoms with Crippen molar-refractivity contribution >= 4 is 67.8 Å². The van der Waals surface area contributed by atoms with Crippen molar-refractivity contribution in [2.75, 3.05) is 0 Å². The third-order valence-corrected chi connectivity index (χ3v) is 14.6. The van der Waals surface area contributed by atoms with E-state index in [-0.39, 0.29) is 37.5 Å². The quantitative estimate of drug-likeness (QED) is 0.0908. The fraction of sp³-hybridized carbons (Fsp3) is 0.167. The van der Waals surface area contributed by atoms with Crippen LogP contribution in [-0.2, 0) is 20.1 Å². The molecule has 11 rings (SSSR count). The number of aromatic nitrogens is 3. The van der Waals surface area contributed by atoms with E-state index in [1.165, 1.54) is 27.4 Å². The Morgan fingerprint density at radius 2 is 1.38 bits per heavy atom. The van der Waals surface area contributed by atoms with Crippen LogP contribution in [0, 0.1) is 19.0 Å². The second-order valence-electron chi connectivity index (χ2n) is 18.6. The third-order valence-electron chi connectivity index (χ3n) is 12.5. The van der Waals surface area contributed by atoms with Gasteiger partial charge >= 0.3 is 0 Å². The van der Waals surface area contributed by atoms with Crippen molar-refractivity contribution in [2.24, 2.45) is 0 Å². The van der Waals surface area contributed by atoms with E-state index in [0.717, 1.165) is 54.9 Å². The molecule has 1 radical (unpaired) electrons. The van der Waals surface area contributed by atoms with Crippen molar-refractivity contribution in [1.29, 1.82) is 0 Å². The van der Waals surface area contributed by atoms with E-state index >= 15 is 0 Å². The van der Waals surface area contributed by atoms with Crippen LogP contribution in [0.3, 0.4) is 0 Å². The molecule has 0 spiro atoms. The van der Waals surface area contributed by atoms with Crippen LogP contribution in [0.5, 0.6) is 0 Å². The summed E-state index contributed by atoms with van der Waals surface area (Å²) in [6.07, 6.45) is 1.91. The largest absolute Gasteiger partial charge is 0.501 e. The van der Waals surface area contributed by atoms with E-state index in [2.05, 4.69) is 166 Å². The predicted molar refractivity (Wildman–Crippen MR) is 277 cm³/mol. The average Bonchev–Trinajstić information content (AvgIpc) is 3.91. The fourth-order valence-electron chi connectivity index (χ4n) is 9.12. The summed E-state index contributed by atoms with van der Waals surface area (Å²) in [7, 11) is -1.25. The normalized spacial score (nSPS) is 12.7. The number of benzene rings is 8. The minimum Gasteiger partial charge on any atom is -0.501 e. The molecule has 11 aromatic rings. The number of pyridine rings is 1. The van der Waals surface area contributed by atoms with Crippen LogP contribution < -0.4 is 5.19 Å². The van der Waals surface area contributed by atoms with Crippen LogP contribution in [0.25, 0.3) is 94.0 Å². The number of imidazole rings is 1. The second kappa shape index (κ2) is 18.1. The summed E-state index contributed by atoms with van der Waals surface area (Å²) in [5.41, 5.74) is 11.7. The number of hydrogen-bond acceptors (Lipinski definition) is 3. The van der Waals surface area contributed by atoms with Crippen molar-refractivity contribution in [3.63, 3.8) is 0 Å². The summed E-state index contributed by atoms with van der Waals surface area (Å²) >= 11 is 0. The first-order valence-corrected chi connectivity index (χ1v) is 26.0. The van der Waals surface area contributed by atoms with E-state index in [9.17, 15) is 0 Å². The maximum atomic E-state index is 8.57. The van der Waals surface area contributed by atoms with Gasteiger partial charge in [-0.25, -0.2) is 0 Å². The molecule has 329 valence electrons. The zero-order chi connectivity index (χ0) is 47.5. The van der Waals surface area contributed by atoms with Crippen molar-refractivity contribution in [1.82, 2.24) is 14.5 Å². The first kappa shape index (κ1) is 41.0. The van der Waals surface area contributed by atoms with Crippen LogP contribution in [0.1, 0.15) is 60.3 Å². The molecule has 3 aromatic heterocycles. The van der Waals surface area contributed by atoms with Crippen molar-refractivity contribution in [2.45, 2.75) is 66.0 Å². The first-order chi connectivity index (χ1) is 32.7. The van der Waals surface area contributed by atoms with Gasteiger partial charge in [0.15, 0.2) is 0 Å². The monoisotopic (exact) mass is 1060 g/mol. The van der Waals surface area contributed by atoms with Gasteiger partial charge in [-0.1, -0.05) is 155 Å². The molecule has 0 fully saturated rings. The van der Waals surface area contributed by atoms with E-state index in [0.29, 0.717) is 27.9 Å². The molecule has 66 heavy (non-hydrogen) atoms. The van der Waals surface area contributed by atoms with Crippen LogP contribution in [-0.4, -0.2) is 22.6 Å². The number of rotatable bonds is 7. The Kier molecular flexibility index (Phi) is 11.2. The Morgan fingerprint density at radius 1 is 0.667 bits per heavy atom. The van der Waals surface area contributed by atoms with Gasteiger partial charge in [-0.05, 0) is 104 Å². The molecule has 0 saturated heterocycles. The molecule has 0 unspecified atom stereocenters. The molecule has 4 nitrogen and oxygen atoms in total. The predicted octanol–water partition coefficient (Wildman–Crippen LogP) is 16.0. The number of hydrogen-bond donors (Lipinski definition) is 0. The van der Waals surface area contributed by atoms with E-state index in [1.807, 2.05) is 60.8 Å². The van der Waals surface area contributed by atoms with Gasteiger partial charge in [0.05, 0.1) is 30.5 Å². The van der Waals surface area contributed by atoms with Crippen LogP contribution in [0.15, 0.2) is 168 Å². The number of aryl methyl sites for hydroxylation is 1. The molecular formula is C60H53IrN3OSi-2. The first-order valence-electron chi connectivity index (χ1n) is 24.0. The number of fused-ring (bicyclic) bond motifs is 7. The van der Waals surface area contributed by atoms with E-state index in [1.54, 1.807) is 6.07 Å². The van der Waals surface area contributed by atoms with Gasteiger partial charge in [0.25, 0.3) is 0 Å². The van der Waals surface area contributed by atoms with Crippen LogP contribution in [0.2, 0.25) is 19.6 Å². The molecule has 8 aromatic carbocycles. The Labute approximate surface area is 407 Å². The second-order valence-corrected chi connectivity index (χ2v) is 23.7. The summed E-state index contributed by atoms with van der Waals surface area (Å²) in [4.78, 5) is 9.69. The van der Waals surface area contributed by atoms with Crippen molar-refractivity contribution in [3.05, 3.63) is 193 Å². The topological polar surface area (TPSA) is 43.9 Å². The molecular weight excluding hydrogens is 999 g/mol. The van der Waals surface area contributed by atoms with Crippen molar-refractivity contribution < 1.29 is 28.6 Å². The molecule has 0 aliphatic carbocycles. The maximum absolute atomic E-state index is 8.57. The van der Waals surface area contributed by atoms with Crippen molar-refractivity contribution in [3.8, 4) is 39.5 Å². The van der Waals surface area contributed by atoms with Gasteiger partial charge in [-0.3, -0.25) is 4.98 Å². The molecule has 0 N–H and O–H groups in total. The zero-order valence-electron chi connectivity index (χ0n) is 41.3. The van der Waals surface area contributed by atoms with Gasteiger partial charge in [-0.15, -0.1) is 53.6 Å². The Bertz CT molecular complexity index is 3640. The summed E-state index contributed by atoms with van der Waals surface area (Å²) < 4.78 is 34.8. The van der Waals surface area contributed by atoms with Crippen LogP contribution >= 0.6 is 0 Å². The standard InChI is InChI=1S/C46H37N2O.C14H16NSi.Ir/c1-27(2)36-24-33(30-13-7-6-8-14-30)25-37(28(3)4)44(36)48-41-18-12-11-17-40(41)47-46(48)35-22-19-29(5)43-39-23-32-21-20-31-15-9-10-16-34(31)38(32)26-42(39)49-45(35)43;1-16(2,3)13-9-10-15-14(11-13)12-7-5-4-6-8-12;/h6-21,23-28H,1-5H3;4-7,9-11H,1-3H3;/q2*-1;/i5D3;;. The van der Waals surface area contributed by atoms with Gasteiger partial charge in [0.1, 0.15) is 5.58 Å². The van der Waals surface area contributed by atoms with Crippen LogP contribution in [0.4, 0.5) is 0 Å². The minimum atomic E-state index is -2.38. The van der Waals surface area contributed by atoms with E-state index < -0.39 is 14.9 Å². The maximum Gasteiger partial charge on any atom is 0.121 e. The number of nitrogens with zero attached hydrogens (tertiary/aromatic N) is 3. The number of para-hydroxylation sites is 2. The third kappa shape index (κ3) is 8.23. The molecule has 0 aliphatic heterocycles. The Morgan fingerprint density at radius 3 is 2.11 bits per heavy atom. The van der Waals surface area contributed by atoms with Gasteiger partial charge in [-0.2, -0.15) is 0 Å². The summed E-state index contributed by atoms with van der Waals surface area (Å²) in [6, 6.07) is 60.5. The summed E-state index contributed by atoms with van der Waals surface area (Å²) in [5.74, 6) is 1.05. The molecule has 3 heterocycles. The van der Waals surface area contributed by atoms with Gasteiger partial charge in [0.2, 0.25) is 0 Å². The van der Waals surface area contributed by atoms with Gasteiger partial charge < -0.3 is 14.0 Å². The molecule has 6 heteroatoms. The fourth-order valence-corrected chi connectivity index (χ4v) is 10.3. The Hall–Kier alpha value is -6.43. The molecule has 0 saturated carbocycles. The molecule has 0 amide bonds. The molecule has 0 bridgehead atoms. The minimum absolute atomic E-state index is 0. The SMILES string of the molecule is C[Si](C)(C)c1ccnc(-c2[c-]cccc2)c1.[2H]C([2H])([2H])c1c[c-]c(-c2nc3ccccc3n2-c2c(C(C)C)cc(-c3ccccc3)cc2C(C)C)c2oc3cc4c(ccc5ccccc54)cc3c12.[Ir]. The molecule has 0 aliphatic rings. The summed E-state index contributed by atoms with van der Waals surface area (Å²) in [5, 5.41) is 7.11. The van der Waals surface area contributed by atoms with E-state index in [4.69, 9.17) is 13.5 Å². The Balaban J connectivity index is 0.000000296. The molecule has 0 atom stereocenters. The van der Waals surface area contributed by atoms with Gasteiger partial charge in [0, 0.05) is 41.5 Å². The smallest absolute Gasteiger partial charge is 0.121 e. The average molecular weight is 1060 g/mol. The number of furan rings is 1. The summed E-state index contributed by atoms with van der Waals surface area (Å²) in [6.45, 7) is 13.6.